The first-order chi connectivity index (χ1) is 6.16. The second-order valence-corrected chi connectivity index (χ2v) is 3.99. The number of Topliss-reactive ketones (excluding diaryl/α,β-unsaturated/α-hetero) is 1. The first kappa shape index (κ1) is 10.7. The standard InChI is InChI=1S/C10H10BrClO/c1-7-3-2-4-8(12)10(7)9(13)5-6-11/h2-4H,5-6H2,1H3. The number of aryl methyl sites for hydroxylation is 1. The molecule has 3 heteroatoms. The van der Waals surface area contributed by atoms with Crippen LogP contribution in [-0.2, 0) is 0 Å². The molecule has 0 aromatic heterocycles. The van der Waals surface area contributed by atoms with Crippen molar-refractivity contribution in [1.29, 1.82) is 0 Å². The SMILES string of the molecule is Cc1cccc(Cl)c1C(=O)CCBr. The van der Waals surface area contributed by atoms with Gasteiger partial charge in [-0.1, -0.05) is 39.7 Å². The highest BCUT2D eigenvalue weighted by Gasteiger charge is 2.11. The molecule has 0 aliphatic rings. The number of alkyl halides is 1. The summed E-state index contributed by atoms with van der Waals surface area (Å²) in [7, 11) is 0. The zero-order chi connectivity index (χ0) is 9.84. The summed E-state index contributed by atoms with van der Waals surface area (Å²) >= 11 is 9.16. The van der Waals surface area contributed by atoms with Crippen LogP contribution >= 0.6 is 27.5 Å². The van der Waals surface area contributed by atoms with Crippen molar-refractivity contribution in [3.05, 3.63) is 34.3 Å². The van der Waals surface area contributed by atoms with Crippen LogP contribution in [0.25, 0.3) is 0 Å². The summed E-state index contributed by atoms with van der Waals surface area (Å²) in [6.07, 6.45) is 0.491. The minimum absolute atomic E-state index is 0.0972. The molecule has 0 aliphatic carbocycles. The predicted molar refractivity (Wildman–Crippen MR) is 58.9 cm³/mol. The highest BCUT2D eigenvalue weighted by Crippen LogP contribution is 2.21. The lowest BCUT2D eigenvalue weighted by Crippen LogP contribution is -2.02. The molecule has 1 aromatic rings. The minimum Gasteiger partial charge on any atom is -0.294 e. The van der Waals surface area contributed by atoms with Gasteiger partial charge in [-0.2, -0.15) is 0 Å². The summed E-state index contributed by atoms with van der Waals surface area (Å²) < 4.78 is 0. The van der Waals surface area contributed by atoms with Gasteiger partial charge in [0.25, 0.3) is 0 Å². The first-order valence-electron chi connectivity index (χ1n) is 4.01. The average Bonchev–Trinajstić information content (AvgIpc) is 2.04. The van der Waals surface area contributed by atoms with Gasteiger partial charge in [0.05, 0.1) is 5.02 Å². The molecule has 0 saturated heterocycles. The number of hydrogen-bond acceptors (Lipinski definition) is 1. The van der Waals surface area contributed by atoms with Crippen LogP contribution in [0, 0.1) is 6.92 Å². The van der Waals surface area contributed by atoms with Gasteiger partial charge in [0.1, 0.15) is 0 Å². The van der Waals surface area contributed by atoms with Gasteiger partial charge in [0.2, 0.25) is 0 Å². The average molecular weight is 262 g/mol. The molecule has 0 saturated carbocycles. The topological polar surface area (TPSA) is 17.1 Å². The molecule has 0 radical (unpaired) electrons. The molecular weight excluding hydrogens is 251 g/mol. The molecule has 0 aliphatic heterocycles. The van der Waals surface area contributed by atoms with E-state index in [4.69, 9.17) is 11.6 Å². The summed E-state index contributed by atoms with van der Waals surface area (Å²) in [5.74, 6) is 0.0972. The number of ketones is 1. The molecule has 1 aromatic carbocycles. The third-order valence-electron chi connectivity index (χ3n) is 1.82. The van der Waals surface area contributed by atoms with Gasteiger partial charge in [-0.3, -0.25) is 4.79 Å². The quantitative estimate of drug-likeness (QED) is 0.600. The Bertz CT molecular complexity index is 302. The zero-order valence-corrected chi connectivity index (χ0v) is 9.65. The summed E-state index contributed by atoms with van der Waals surface area (Å²) in [5.41, 5.74) is 1.60. The summed E-state index contributed by atoms with van der Waals surface area (Å²) in [5, 5.41) is 1.22. The maximum Gasteiger partial charge on any atom is 0.165 e. The fourth-order valence-corrected chi connectivity index (χ4v) is 1.88. The lowest BCUT2D eigenvalue weighted by molar-refractivity contribution is 0.0989. The van der Waals surface area contributed by atoms with E-state index in [1.54, 1.807) is 6.07 Å². The Balaban J connectivity index is 3.05. The van der Waals surface area contributed by atoms with Gasteiger partial charge in [-0.25, -0.2) is 0 Å². The molecule has 13 heavy (non-hydrogen) atoms. The fraction of sp³-hybridized carbons (Fsp3) is 0.300. The van der Waals surface area contributed by atoms with Crippen molar-refractivity contribution in [3.63, 3.8) is 0 Å². The maximum atomic E-state index is 11.6. The number of carbonyl (C=O) groups excluding carboxylic acids is 1. The highest BCUT2D eigenvalue weighted by molar-refractivity contribution is 9.09. The van der Waals surface area contributed by atoms with E-state index in [9.17, 15) is 4.79 Å². The summed E-state index contributed by atoms with van der Waals surface area (Å²) in [4.78, 5) is 11.6. The van der Waals surface area contributed by atoms with Crippen molar-refractivity contribution in [1.82, 2.24) is 0 Å². The first-order valence-corrected chi connectivity index (χ1v) is 5.51. The Labute approximate surface area is 91.2 Å². The maximum absolute atomic E-state index is 11.6. The molecule has 1 nitrogen and oxygen atoms in total. The van der Waals surface area contributed by atoms with Crippen molar-refractivity contribution in [3.8, 4) is 0 Å². The molecule has 0 spiro atoms. The molecule has 0 N–H and O–H groups in total. The summed E-state index contributed by atoms with van der Waals surface area (Å²) in [6, 6.07) is 5.49. The fourth-order valence-electron chi connectivity index (χ4n) is 1.20. The van der Waals surface area contributed by atoms with Crippen molar-refractivity contribution in [2.45, 2.75) is 13.3 Å². The highest BCUT2D eigenvalue weighted by atomic mass is 79.9. The molecule has 1 rings (SSSR count). The van der Waals surface area contributed by atoms with Crippen molar-refractivity contribution >= 4 is 33.3 Å². The number of carbonyl (C=O) groups is 1. The van der Waals surface area contributed by atoms with Gasteiger partial charge in [0, 0.05) is 17.3 Å². The number of benzene rings is 1. The van der Waals surface area contributed by atoms with E-state index in [0.29, 0.717) is 22.3 Å². The second kappa shape index (κ2) is 4.77. The molecule has 0 bridgehead atoms. The van der Waals surface area contributed by atoms with Crippen LogP contribution in [0.15, 0.2) is 18.2 Å². The molecule has 0 atom stereocenters. The predicted octanol–water partition coefficient (Wildman–Crippen LogP) is 3.62. The van der Waals surface area contributed by atoms with Gasteiger partial charge < -0.3 is 0 Å². The van der Waals surface area contributed by atoms with E-state index in [1.165, 1.54) is 0 Å². The Morgan fingerprint density at radius 1 is 1.54 bits per heavy atom. The van der Waals surface area contributed by atoms with Crippen LogP contribution in [0.1, 0.15) is 22.3 Å². The van der Waals surface area contributed by atoms with E-state index in [0.717, 1.165) is 5.56 Å². The number of hydrogen-bond donors (Lipinski definition) is 0. The largest absolute Gasteiger partial charge is 0.294 e. The van der Waals surface area contributed by atoms with Gasteiger partial charge >= 0.3 is 0 Å². The molecule has 0 unspecified atom stereocenters. The van der Waals surface area contributed by atoms with Gasteiger partial charge in [0.15, 0.2) is 5.78 Å². The zero-order valence-electron chi connectivity index (χ0n) is 7.31. The van der Waals surface area contributed by atoms with E-state index >= 15 is 0 Å². The molecule has 0 heterocycles. The Kier molecular flexibility index (Phi) is 3.94. The normalized spacial score (nSPS) is 10.1. The van der Waals surface area contributed by atoms with Crippen molar-refractivity contribution in [2.24, 2.45) is 0 Å². The third kappa shape index (κ3) is 2.55. The van der Waals surface area contributed by atoms with Crippen LogP contribution in [0.2, 0.25) is 5.02 Å². The number of halogens is 2. The second-order valence-electron chi connectivity index (χ2n) is 2.79. The van der Waals surface area contributed by atoms with Crippen LogP contribution < -0.4 is 0 Å². The summed E-state index contributed by atoms with van der Waals surface area (Å²) in [6.45, 7) is 1.90. The minimum atomic E-state index is 0.0972. The number of rotatable bonds is 3. The molecular formula is C10H10BrClO. The van der Waals surface area contributed by atoms with E-state index in [2.05, 4.69) is 15.9 Å². The van der Waals surface area contributed by atoms with E-state index in [1.807, 2.05) is 19.1 Å². The van der Waals surface area contributed by atoms with E-state index in [-0.39, 0.29) is 5.78 Å². The van der Waals surface area contributed by atoms with Crippen LogP contribution in [0.3, 0.4) is 0 Å². The molecule has 0 amide bonds. The van der Waals surface area contributed by atoms with Gasteiger partial charge in [-0.15, -0.1) is 0 Å². The molecule has 0 fully saturated rings. The smallest absolute Gasteiger partial charge is 0.165 e. The van der Waals surface area contributed by atoms with Crippen molar-refractivity contribution in [2.75, 3.05) is 5.33 Å². The van der Waals surface area contributed by atoms with Crippen LogP contribution in [-0.4, -0.2) is 11.1 Å². The van der Waals surface area contributed by atoms with Crippen LogP contribution in [0.4, 0.5) is 0 Å². The monoisotopic (exact) mass is 260 g/mol. The van der Waals surface area contributed by atoms with E-state index < -0.39 is 0 Å². The van der Waals surface area contributed by atoms with Gasteiger partial charge in [-0.05, 0) is 18.6 Å². The third-order valence-corrected chi connectivity index (χ3v) is 2.53. The lowest BCUT2D eigenvalue weighted by Gasteiger charge is -2.05. The molecule has 70 valence electrons. The Hall–Kier alpha value is -0.340. The Morgan fingerprint density at radius 2 is 2.23 bits per heavy atom. The van der Waals surface area contributed by atoms with Crippen LogP contribution in [0.5, 0.6) is 0 Å². The van der Waals surface area contributed by atoms with Crippen molar-refractivity contribution < 1.29 is 4.79 Å². The Morgan fingerprint density at radius 3 is 2.77 bits per heavy atom. The lowest BCUT2D eigenvalue weighted by atomic mass is 10.0.